The zero-order valence-corrected chi connectivity index (χ0v) is 19.2. The Hall–Kier alpha value is -3.14. The fourth-order valence-corrected chi connectivity index (χ4v) is 5.22. The first kappa shape index (κ1) is 14.1. The maximum Gasteiger partial charge on any atom is 0.104 e. The third kappa shape index (κ3) is 2.89. The molecule has 2 aliphatic heterocycles. The molecule has 0 radical (unpaired) electrons. The highest BCUT2D eigenvalue weighted by atomic mass is 15.4. The van der Waals surface area contributed by atoms with Gasteiger partial charge in [-0.05, 0) is 89.0 Å². The summed E-state index contributed by atoms with van der Waals surface area (Å²) in [6.45, 7) is 2.36. The van der Waals surface area contributed by atoms with Crippen molar-refractivity contribution >= 4 is 34.1 Å². The molecule has 4 heteroatoms. The van der Waals surface area contributed by atoms with E-state index in [1.54, 1.807) is 24.0 Å². The Morgan fingerprint density at radius 2 is 1.16 bits per heavy atom. The van der Waals surface area contributed by atoms with Crippen LogP contribution in [0.1, 0.15) is 48.3 Å². The fraction of sp³-hybridized carbons (Fsp3) is 0.357. The molecule has 166 valence electrons. The van der Waals surface area contributed by atoms with E-state index in [1.165, 1.54) is 4.90 Å². The van der Waals surface area contributed by atoms with Gasteiger partial charge in [0.1, 0.15) is 12.3 Å². The Balaban J connectivity index is 1.68. The second-order valence-corrected chi connectivity index (χ2v) is 8.48. The minimum absolute atomic E-state index is 0.305. The van der Waals surface area contributed by atoms with E-state index in [4.69, 9.17) is 9.60 Å². The topological polar surface area (TPSA) is 13.0 Å². The molecule has 32 heavy (non-hydrogen) atoms. The maximum atomic E-state index is 8.61. The van der Waals surface area contributed by atoms with Gasteiger partial charge in [-0.3, -0.25) is 0 Å². The van der Waals surface area contributed by atoms with Gasteiger partial charge in [0, 0.05) is 34.0 Å². The summed E-state index contributed by atoms with van der Waals surface area (Å²) in [5, 5.41) is 0. The molecule has 0 saturated carbocycles. The molecule has 3 aromatic rings. The van der Waals surface area contributed by atoms with Crippen molar-refractivity contribution < 1.29 is 9.60 Å². The minimum atomic E-state index is -2.85. The first-order valence-electron chi connectivity index (χ1n) is 14.5. The Kier molecular flexibility index (Phi) is 3.42. The van der Waals surface area contributed by atoms with Crippen LogP contribution in [0.5, 0.6) is 0 Å². The second-order valence-electron chi connectivity index (χ2n) is 8.48. The Labute approximate surface area is 202 Å². The Morgan fingerprint density at radius 1 is 0.719 bits per heavy atom. The quantitative estimate of drug-likeness (QED) is 0.441. The Bertz CT molecular complexity index is 1420. The minimum Gasteiger partial charge on any atom is -0.350 e. The molecule has 2 heterocycles. The number of nitrogens with zero attached hydrogens (tertiary/aromatic N) is 4. The SMILES string of the molecule is [2H]C([2H])(C)N1c2ccccc2N(c2cc(C)cc(N3c4ccccc4N(C([2H])([2H])C([2H])([2H])[2H])[C@@H]3C)c2C)[C@@H]1C. The van der Waals surface area contributed by atoms with Gasteiger partial charge in [0.2, 0.25) is 0 Å². The largest absolute Gasteiger partial charge is 0.350 e. The zero-order chi connectivity index (χ0) is 28.7. The summed E-state index contributed by atoms with van der Waals surface area (Å²) in [7, 11) is 0. The molecule has 0 fully saturated rings. The number of para-hydroxylation sites is 4. The molecule has 0 bridgehead atoms. The molecule has 0 aromatic heterocycles. The third-order valence-corrected chi connectivity index (χ3v) is 6.67. The summed E-state index contributed by atoms with van der Waals surface area (Å²) in [4.78, 5) is 7.30. The summed E-state index contributed by atoms with van der Waals surface area (Å²) >= 11 is 0. The number of rotatable bonds is 4. The lowest BCUT2D eigenvalue weighted by Gasteiger charge is -2.34. The fourth-order valence-electron chi connectivity index (χ4n) is 5.22. The van der Waals surface area contributed by atoms with Gasteiger partial charge < -0.3 is 19.6 Å². The zero-order valence-electron chi connectivity index (χ0n) is 26.2. The lowest BCUT2D eigenvalue weighted by atomic mass is 10.0. The van der Waals surface area contributed by atoms with Crippen molar-refractivity contribution in [2.45, 2.75) is 53.8 Å². The van der Waals surface area contributed by atoms with Crippen LogP contribution in [0.4, 0.5) is 34.1 Å². The molecule has 3 aromatic carbocycles. The van der Waals surface area contributed by atoms with Gasteiger partial charge in [-0.2, -0.15) is 0 Å². The standard InChI is InChI=1S/C28H34N4/c1-7-29-21(5)31(25-15-11-9-13-23(25)29)27-17-19(3)18-28(20(27)4)32-22(6)30(8-2)24-14-10-12-16-26(24)32/h9-18,21-22H,7-8H2,1-6H3/t21-,22+/i1D3,7D2,8D2/m0/s1. The van der Waals surface area contributed by atoms with Crippen molar-refractivity contribution in [1.82, 2.24) is 0 Å². The van der Waals surface area contributed by atoms with Crippen molar-refractivity contribution in [3.05, 3.63) is 71.8 Å². The molecule has 4 nitrogen and oxygen atoms in total. The number of aryl methyl sites for hydroxylation is 1. The van der Waals surface area contributed by atoms with Crippen molar-refractivity contribution in [2.75, 3.05) is 32.6 Å². The monoisotopic (exact) mass is 433 g/mol. The predicted molar refractivity (Wildman–Crippen MR) is 138 cm³/mol. The lowest BCUT2D eigenvalue weighted by Crippen LogP contribution is -2.40. The highest BCUT2D eigenvalue weighted by Gasteiger charge is 2.37. The molecule has 2 aliphatic rings. The van der Waals surface area contributed by atoms with Gasteiger partial charge in [-0.15, -0.1) is 0 Å². The number of fused-ring (bicyclic) bond motifs is 2. The number of benzene rings is 3. The van der Waals surface area contributed by atoms with Crippen molar-refractivity contribution in [3.63, 3.8) is 0 Å². The maximum absolute atomic E-state index is 8.61. The van der Waals surface area contributed by atoms with Crippen LogP contribution in [-0.4, -0.2) is 25.3 Å². The molecule has 0 saturated heterocycles. The van der Waals surface area contributed by atoms with Crippen LogP contribution in [-0.2, 0) is 0 Å². The third-order valence-electron chi connectivity index (χ3n) is 6.67. The van der Waals surface area contributed by atoms with E-state index in [1.807, 2.05) is 75.1 Å². The van der Waals surface area contributed by atoms with E-state index in [-0.39, 0.29) is 6.17 Å². The molecule has 0 amide bonds. The average Bonchev–Trinajstić information content (AvgIpc) is 3.29. The molecule has 0 unspecified atom stereocenters. The molecule has 0 N–H and O–H groups in total. The van der Waals surface area contributed by atoms with Crippen LogP contribution >= 0.6 is 0 Å². The Morgan fingerprint density at radius 3 is 1.59 bits per heavy atom. The van der Waals surface area contributed by atoms with Crippen molar-refractivity contribution in [2.24, 2.45) is 0 Å². The van der Waals surface area contributed by atoms with Crippen LogP contribution < -0.4 is 19.6 Å². The van der Waals surface area contributed by atoms with Crippen molar-refractivity contribution in [1.29, 1.82) is 0 Å². The van der Waals surface area contributed by atoms with Crippen LogP contribution in [0.2, 0.25) is 0 Å². The molecule has 0 aliphatic carbocycles. The summed E-state index contributed by atoms with van der Waals surface area (Å²) in [5.74, 6) is 0. The van der Waals surface area contributed by atoms with Crippen LogP contribution in [0.3, 0.4) is 0 Å². The molecule has 5 rings (SSSR count). The smallest absolute Gasteiger partial charge is 0.104 e. The first-order chi connectivity index (χ1) is 18.1. The highest BCUT2D eigenvalue weighted by Crippen LogP contribution is 2.49. The van der Waals surface area contributed by atoms with Crippen LogP contribution in [0.25, 0.3) is 0 Å². The van der Waals surface area contributed by atoms with E-state index in [0.717, 1.165) is 39.6 Å². The van der Waals surface area contributed by atoms with Crippen LogP contribution in [0, 0.1) is 13.8 Å². The van der Waals surface area contributed by atoms with E-state index >= 15 is 0 Å². The van der Waals surface area contributed by atoms with Gasteiger partial charge in [0.05, 0.1) is 22.7 Å². The normalized spacial score (nSPS) is 24.1. The van der Waals surface area contributed by atoms with Gasteiger partial charge in [0.15, 0.2) is 0 Å². The van der Waals surface area contributed by atoms with E-state index in [2.05, 4.69) is 11.0 Å². The number of hydrogen-bond donors (Lipinski definition) is 0. The van der Waals surface area contributed by atoms with Crippen molar-refractivity contribution in [3.8, 4) is 0 Å². The predicted octanol–water partition coefficient (Wildman–Crippen LogP) is 6.95. The van der Waals surface area contributed by atoms with Gasteiger partial charge >= 0.3 is 0 Å². The van der Waals surface area contributed by atoms with E-state index in [9.17, 15) is 0 Å². The molecule has 0 spiro atoms. The average molecular weight is 434 g/mol. The van der Waals surface area contributed by atoms with Gasteiger partial charge in [-0.1, -0.05) is 24.3 Å². The molecular weight excluding hydrogens is 392 g/mol. The second kappa shape index (κ2) is 7.77. The van der Waals surface area contributed by atoms with Gasteiger partial charge in [-0.25, -0.2) is 0 Å². The van der Waals surface area contributed by atoms with E-state index in [0.29, 0.717) is 5.69 Å². The molecular formula is C28H34N4. The number of anilines is 6. The van der Waals surface area contributed by atoms with Crippen LogP contribution in [0.15, 0.2) is 60.7 Å². The summed E-state index contributed by atoms with van der Waals surface area (Å²) in [5.41, 5.74) is 6.66. The number of hydrogen-bond acceptors (Lipinski definition) is 4. The molecule has 2 atom stereocenters. The lowest BCUT2D eigenvalue weighted by molar-refractivity contribution is 0.685. The summed E-state index contributed by atoms with van der Waals surface area (Å²) in [6, 6.07) is 19.3. The highest BCUT2D eigenvalue weighted by molar-refractivity contribution is 5.90. The first-order valence-corrected chi connectivity index (χ1v) is 11.0. The van der Waals surface area contributed by atoms with Gasteiger partial charge in [0.25, 0.3) is 0 Å². The summed E-state index contributed by atoms with van der Waals surface area (Å²) in [6.07, 6.45) is -0.920. The summed E-state index contributed by atoms with van der Waals surface area (Å²) < 4.78 is 58.1. The van der Waals surface area contributed by atoms with E-state index < -0.39 is 26.0 Å².